The lowest BCUT2D eigenvalue weighted by molar-refractivity contribution is 0.0646. The zero-order valence-corrected chi connectivity index (χ0v) is 35.0. The van der Waals surface area contributed by atoms with Crippen LogP contribution in [0, 0.1) is 45.6 Å². The third kappa shape index (κ3) is 13.2. The summed E-state index contributed by atoms with van der Waals surface area (Å²) in [4.78, 5) is 46.4. The first-order valence-corrected chi connectivity index (χ1v) is 21.0. The Morgan fingerprint density at radius 1 is 0.651 bits per heavy atom. The highest BCUT2D eigenvalue weighted by Gasteiger charge is 2.37. The van der Waals surface area contributed by atoms with Crippen molar-refractivity contribution in [2.75, 3.05) is 26.2 Å². The molecule has 13 heteroatoms. The van der Waals surface area contributed by atoms with E-state index in [4.69, 9.17) is 5.26 Å². The van der Waals surface area contributed by atoms with E-state index in [-0.39, 0.29) is 44.2 Å². The Hall–Kier alpha value is -6.70. The maximum atomic E-state index is 13.5. The van der Waals surface area contributed by atoms with Gasteiger partial charge in [-0.15, -0.1) is 0 Å². The standard InChI is InChI=1S/C24H21FN4O.C17H16N4O.C7H6BrF.2CH4/c25-20-4-1-3-18(15-20)16-24(17-26)8-13-29(14-9-24)23(30)21-5-2-10-28-22(21)19-6-11-27-12-7-19;18-12-13-5-10-21(11-6-13)17(22)15-2-1-7-20-16(15)14-3-8-19-9-4-14;8-5-6-2-1-3-7(9)4-6;;/h1-7,10-12,15H,8-9,13-14,16H2;1-4,7-9,13H,5-6,10-11H2;1-4H,5H2;2*1H4. The number of likely N-dealkylation sites (tertiary alicyclic amines) is 2. The molecule has 0 aliphatic carbocycles. The second-order valence-corrected chi connectivity index (χ2v) is 15.3. The summed E-state index contributed by atoms with van der Waals surface area (Å²) in [6.07, 6.45) is 13.2. The summed E-state index contributed by atoms with van der Waals surface area (Å²) < 4.78 is 25.9. The second kappa shape index (κ2) is 24.1. The van der Waals surface area contributed by atoms with Gasteiger partial charge in [-0.1, -0.05) is 55.0 Å². The van der Waals surface area contributed by atoms with Crippen molar-refractivity contribution >= 4 is 27.7 Å². The molecule has 0 unspecified atom stereocenters. The van der Waals surface area contributed by atoms with Crippen molar-refractivity contribution in [1.29, 1.82) is 10.5 Å². The zero-order valence-electron chi connectivity index (χ0n) is 33.4. The lowest BCUT2D eigenvalue weighted by Gasteiger charge is -2.37. The summed E-state index contributed by atoms with van der Waals surface area (Å²) in [6, 6.07) is 32.1. The molecule has 0 saturated carbocycles. The molecule has 63 heavy (non-hydrogen) atoms. The maximum Gasteiger partial charge on any atom is 0.256 e. The van der Waals surface area contributed by atoms with E-state index in [1.54, 1.807) is 72.4 Å². The number of piperidine rings is 2. The molecule has 2 aromatic carbocycles. The van der Waals surface area contributed by atoms with E-state index in [1.165, 1.54) is 24.3 Å². The fraction of sp³-hybridized carbons (Fsp3) is 0.280. The fourth-order valence-corrected chi connectivity index (χ4v) is 7.66. The number of pyridine rings is 4. The molecule has 6 heterocycles. The Kier molecular flexibility index (Phi) is 18.7. The number of benzene rings is 2. The van der Waals surface area contributed by atoms with Crippen LogP contribution < -0.4 is 0 Å². The van der Waals surface area contributed by atoms with Crippen LogP contribution in [-0.4, -0.2) is 67.7 Å². The van der Waals surface area contributed by atoms with E-state index >= 15 is 0 Å². The first-order chi connectivity index (χ1) is 29.7. The molecule has 6 aromatic rings. The Balaban J connectivity index is 0.000000231. The normalized spacial score (nSPS) is 14.0. The number of rotatable bonds is 7. The molecular formula is C50H51BrF2N8O2. The molecule has 0 spiro atoms. The van der Waals surface area contributed by atoms with Crippen molar-refractivity contribution in [2.24, 2.45) is 11.3 Å². The topological polar surface area (TPSA) is 140 Å². The Labute approximate surface area is 377 Å². The Bertz CT molecular complexity index is 2480. The van der Waals surface area contributed by atoms with Gasteiger partial charge in [-0.3, -0.25) is 29.5 Å². The molecule has 2 aliphatic heterocycles. The minimum absolute atomic E-state index is 0. The number of nitrogens with zero attached hydrogens (tertiary/aromatic N) is 8. The van der Waals surface area contributed by atoms with Gasteiger partial charge in [-0.25, -0.2) is 8.78 Å². The van der Waals surface area contributed by atoms with Gasteiger partial charge in [0.25, 0.3) is 11.8 Å². The molecule has 4 aromatic heterocycles. The number of carbonyl (C=O) groups excluding carboxylic acids is 2. The van der Waals surface area contributed by atoms with Crippen molar-refractivity contribution < 1.29 is 18.4 Å². The lowest BCUT2D eigenvalue weighted by atomic mass is 9.75. The predicted octanol–water partition coefficient (Wildman–Crippen LogP) is 10.8. The van der Waals surface area contributed by atoms with Crippen LogP contribution in [0.25, 0.3) is 22.5 Å². The largest absolute Gasteiger partial charge is 0.338 e. The highest BCUT2D eigenvalue weighted by molar-refractivity contribution is 9.08. The van der Waals surface area contributed by atoms with Crippen LogP contribution in [0.5, 0.6) is 0 Å². The van der Waals surface area contributed by atoms with Crippen LogP contribution in [0.2, 0.25) is 0 Å². The molecule has 10 nitrogen and oxygen atoms in total. The van der Waals surface area contributed by atoms with Crippen LogP contribution in [0.3, 0.4) is 0 Å². The molecule has 0 radical (unpaired) electrons. The van der Waals surface area contributed by atoms with Crippen LogP contribution in [0.1, 0.15) is 72.4 Å². The molecule has 8 rings (SSSR count). The number of carbonyl (C=O) groups is 2. The van der Waals surface area contributed by atoms with Gasteiger partial charge >= 0.3 is 0 Å². The van der Waals surface area contributed by atoms with Gasteiger partial charge in [-0.2, -0.15) is 10.5 Å². The van der Waals surface area contributed by atoms with Crippen LogP contribution in [0.4, 0.5) is 8.78 Å². The summed E-state index contributed by atoms with van der Waals surface area (Å²) in [5, 5.41) is 19.5. The van der Waals surface area contributed by atoms with Crippen molar-refractivity contribution in [1.82, 2.24) is 29.7 Å². The molecule has 2 fully saturated rings. The number of aromatic nitrogens is 4. The van der Waals surface area contributed by atoms with Gasteiger partial charge in [0.2, 0.25) is 0 Å². The number of halogens is 3. The number of hydrogen-bond donors (Lipinski definition) is 0. The molecule has 2 aliphatic rings. The molecule has 0 N–H and O–H groups in total. The Morgan fingerprint density at radius 2 is 1.11 bits per heavy atom. The first-order valence-electron chi connectivity index (χ1n) is 19.9. The monoisotopic (exact) mass is 912 g/mol. The van der Waals surface area contributed by atoms with Crippen molar-refractivity contribution in [2.45, 2.75) is 52.3 Å². The maximum absolute atomic E-state index is 13.5. The average molecular weight is 914 g/mol. The Morgan fingerprint density at radius 3 is 1.54 bits per heavy atom. The minimum Gasteiger partial charge on any atom is -0.338 e. The first kappa shape index (κ1) is 49.0. The van der Waals surface area contributed by atoms with E-state index in [2.05, 4.69) is 48.0 Å². The third-order valence-corrected chi connectivity index (χ3v) is 11.3. The van der Waals surface area contributed by atoms with E-state index in [9.17, 15) is 23.6 Å². The number of amides is 2. The van der Waals surface area contributed by atoms with Crippen molar-refractivity contribution in [3.8, 4) is 34.7 Å². The smallest absolute Gasteiger partial charge is 0.256 e. The SMILES string of the molecule is C.C.Fc1cccc(CBr)c1.N#CC1(Cc2cccc(F)c2)CCN(C(=O)c2cccnc2-c2ccncc2)CC1.N#CC1CCN(C(=O)c2cccnc2-c2ccncc2)CC1. The molecule has 324 valence electrons. The summed E-state index contributed by atoms with van der Waals surface area (Å²) >= 11 is 3.22. The summed E-state index contributed by atoms with van der Waals surface area (Å²) in [6.45, 7) is 2.21. The number of alkyl halides is 1. The molecular weight excluding hydrogens is 863 g/mol. The number of nitriles is 2. The quantitative estimate of drug-likeness (QED) is 0.144. The van der Waals surface area contributed by atoms with E-state index in [1.807, 2.05) is 47.4 Å². The van der Waals surface area contributed by atoms with Gasteiger partial charge in [0, 0.05) is 85.7 Å². The van der Waals surface area contributed by atoms with Crippen LogP contribution >= 0.6 is 15.9 Å². The highest BCUT2D eigenvalue weighted by atomic mass is 79.9. The van der Waals surface area contributed by atoms with E-state index in [0.29, 0.717) is 73.3 Å². The van der Waals surface area contributed by atoms with Gasteiger partial charge < -0.3 is 9.80 Å². The van der Waals surface area contributed by atoms with E-state index < -0.39 is 5.41 Å². The average Bonchev–Trinajstić information content (AvgIpc) is 3.32. The van der Waals surface area contributed by atoms with Gasteiger partial charge in [0.15, 0.2) is 0 Å². The zero-order chi connectivity index (χ0) is 43.0. The number of hydrogen-bond acceptors (Lipinski definition) is 8. The summed E-state index contributed by atoms with van der Waals surface area (Å²) in [5.41, 5.74) is 5.35. The highest BCUT2D eigenvalue weighted by Crippen LogP contribution is 2.36. The van der Waals surface area contributed by atoms with Crippen molar-refractivity contribution in [3.63, 3.8) is 0 Å². The van der Waals surface area contributed by atoms with Gasteiger partial charge in [-0.05, 0) is 116 Å². The van der Waals surface area contributed by atoms with Crippen LogP contribution in [-0.2, 0) is 11.8 Å². The lowest BCUT2D eigenvalue weighted by Crippen LogP contribution is -2.43. The van der Waals surface area contributed by atoms with Gasteiger partial charge in [0.1, 0.15) is 11.6 Å². The predicted molar refractivity (Wildman–Crippen MR) is 245 cm³/mol. The summed E-state index contributed by atoms with van der Waals surface area (Å²) in [5.74, 6) is -0.513. The molecule has 0 atom stereocenters. The van der Waals surface area contributed by atoms with Gasteiger partial charge in [0.05, 0.1) is 40.1 Å². The summed E-state index contributed by atoms with van der Waals surface area (Å²) in [7, 11) is 0. The fourth-order valence-electron chi connectivity index (χ4n) is 7.31. The third-order valence-electron chi connectivity index (χ3n) is 10.7. The molecule has 2 saturated heterocycles. The van der Waals surface area contributed by atoms with Crippen molar-refractivity contribution in [3.05, 3.63) is 168 Å². The van der Waals surface area contributed by atoms with Crippen LogP contribution in [0.15, 0.2) is 134 Å². The molecule has 0 bridgehead atoms. The molecule has 2 amide bonds. The minimum atomic E-state index is -0.590. The van der Waals surface area contributed by atoms with E-state index in [0.717, 1.165) is 35.1 Å². The second-order valence-electron chi connectivity index (χ2n) is 14.7.